The van der Waals surface area contributed by atoms with Crippen molar-refractivity contribution < 1.29 is 0 Å². The van der Waals surface area contributed by atoms with Crippen LogP contribution < -0.4 is 5.32 Å². The van der Waals surface area contributed by atoms with E-state index in [2.05, 4.69) is 58.9 Å². The number of pyridine rings is 1. The summed E-state index contributed by atoms with van der Waals surface area (Å²) in [6.07, 6.45) is 3.78. The Morgan fingerprint density at radius 3 is 2.62 bits per heavy atom. The lowest BCUT2D eigenvalue weighted by molar-refractivity contribution is 1.08. The van der Waals surface area contributed by atoms with E-state index in [1.807, 2.05) is 25.1 Å². The normalized spacial score (nSPS) is 11.7. The van der Waals surface area contributed by atoms with Crippen molar-refractivity contribution in [1.82, 2.24) is 15.0 Å². The number of nitrogens with one attached hydrogen (secondary N) is 2. The second-order valence-corrected chi connectivity index (χ2v) is 6.57. The summed E-state index contributed by atoms with van der Waals surface area (Å²) in [7, 11) is 0. The minimum absolute atomic E-state index is 0.726. The molecule has 0 aliphatic heterocycles. The third-order valence-electron chi connectivity index (χ3n) is 3.76. The Hall–Kier alpha value is -2.53. The number of allylic oxidation sites excluding steroid dienone is 1. The first kappa shape index (κ1) is 16.3. The second kappa shape index (κ2) is 6.93. The van der Waals surface area contributed by atoms with Gasteiger partial charge in [0.25, 0.3) is 0 Å². The van der Waals surface area contributed by atoms with Gasteiger partial charge < -0.3 is 10.3 Å². The summed E-state index contributed by atoms with van der Waals surface area (Å²) in [5.41, 5.74) is 6.02. The molecule has 2 aromatic heterocycles. The van der Waals surface area contributed by atoms with E-state index in [1.54, 1.807) is 18.0 Å². The maximum atomic E-state index is 4.51. The summed E-state index contributed by atoms with van der Waals surface area (Å²) in [4.78, 5) is 13.1. The highest BCUT2D eigenvalue weighted by atomic mass is 32.2. The van der Waals surface area contributed by atoms with Gasteiger partial charge in [-0.1, -0.05) is 30.9 Å². The van der Waals surface area contributed by atoms with Crippen molar-refractivity contribution in [2.24, 2.45) is 0 Å². The third kappa shape index (κ3) is 3.36. The molecule has 0 saturated carbocycles. The van der Waals surface area contributed by atoms with Gasteiger partial charge in [-0.3, -0.25) is 0 Å². The first-order valence-electron chi connectivity index (χ1n) is 7.76. The lowest BCUT2D eigenvalue weighted by Crippen LogP contribution is -2.03. The van der Waals surface area contributed by atoms with Crippen LogP contribution in [0.4, 0.5) is 5.69 Å². The number of imidazole rings is 1. The molecule has 2 heterocycles. The Kier molecular flexibility index (Phi) is 4.71. The van der Waals surface area contributed by atoms with Gasteiger partial charge in [-0.05, 0) is 55.8 Å². The van der Waals surface area contributed by atoms with E-state index in [0.29, 0.717) is 0 Å². The average Bonchev–Trinajstić information content (AvgIpc) is 2.98. The number of benzene rings is 1. The van der Waals surface area contributed by atoms with Crippen molar-refractivity contribution >= 4 is 28.6 Å². The van der Waals surface area contributed by atoms with E-state index in [9.17, 15) is 0 Å². The molecule has 5 heteroatoms. The smallest absolute Gasteiger partial charge is 0.178 e. The number of aromatic nitrogens is 3. The minimum atomic E-state index is 0.726. The lowest BCUT2D eigenvalue weighted by Gasteiger charge is -2.16. The maximum absolute atomic E-state index is 4.51. The summed E-state index contributed by atoms with van der Waals surface area (Å²) in [5, 5.41) is 4.25. The number of anilines is 1. The molecular formula is C19H20N4S. The van der Waals surface area contributed by atoms with Gasteiger partial charge >= 0.3 is 0 Å². The van der Waals surface area contributed by atoms with E-state index in [1.165, 1.54) is 11.1 Å². The van der Waals surface area contributed by atoms with Crippen molar-refractivity contribution in [2.75, 3.05) is 5.32 Å². The molecule has 0 unspecified atom stereocenters. The third-order valence-corrected chi connectivity index (χ3v) is 4.85. The zero-order valence-corrected chi connectivity index (χ0v) is 14.9. The van der Waals surface area contributed by atoms with Crippen LogP contribution in [0.25, 0.3) is 11.2 Å². The van der Waals surface area contributed by atoms with Gasteiger partial charge in [0.05, 0.1) is 5.52 Å². The summed E-state index contributed by atoms with van der Waals surface area (Å²) >= 11 is 1.55. The van der Waals surface area contributed by atoms with Crippen LogP contribution in [-0.4, -0.2) is 15.0 Å². The number of nitrogens with zero attached hydrogens (tertiary/aromatic N) is 2. The molecule has 0 fully saturated rings. The molecule has 0 saturated heterocycles. The summed E-state index contributed by atoms with van der Waals surface area (Å²) in [5.74, 6) is 0. The Morgan fingerprint density at radius 1 is 1.21 bits per heavy atom. The molecule has 1 aromatic carbocycles. The summed E-state index contributed by atoms with van der Waals surface area (Å²) < 4.78 is 0. The van der Waals surface area contributed by atoms with E-state index in [-0.39, 0.29) is 0 Å². The molecular weight excluding hydrogens is 316 g/mol. The number of aromatic amines is 1. The van der Waals surface area contributed by atoms with Crippen LogP contribution in [0.5, 0.6) is 0 Å². The van der Waals surface area contributed by atoms with Crippen LogP contribution in [0, 0.1) is 13.8 Å². The molecule has 0 amide bonds. The first-order valence-corrected chi connectivity index (χ1v) is 8.57. The molecule has 0 aliphatic carbocycles. The predicted octanol–water partition coefficient (Wildman–Crippen LogP) is 5.20. The first-order chi connectivity index (χ1) is 11.6. The quantitative estimate of drug-likeness (QED) is 0.497. The van der Waals surface area contributed by atoms with Crippen LogP contribution in [0.3, 0.4) is 0 Å². The highest BCUT2D eigenvalue weighted by molar-refractivity contribution is 8.03. The fourth-order valence-electron chi connectivity index (χ4n) is 2.49. The molecule has 3 rings (SSSR count). The molecule has 0 atom stereocenters. The van der Waals surface area contributed by atoms with Gasteiger partial charge in [-0.2, -0.15) is 0 Å². The number of H-pyrrole nitrogens is 1. The molecule has 0 aliphatic rings. The Bertz CT molecular complexity index is 871. The molecule has 4 nitrogen and oxygen atoms in total. The van der Waals surface area contributed by atoms with Crippen molar-refractivity contribution in [3.8, 4) is 0 Å². The number of thioether (sulfide) groups is 1. The fourth-order valence-corrected chi connectivity index (χ4v) is 3.29. The predicted molar refractivity (Wildman–Crippen MR) is 102 cm³/mol. The van der Waals surface area contributed by atoms with E-state index in [0.717, 1.165) is 32.6 Å². The van der Waals surface area contributed by atoms with E-state index >= 15 is 0 Å². The number of fused-ring (bicyclic) bond motifs is 1. The Balaban J connectivity index is 1.80. The molecule has 0 bridgehead atoms. The van der Waals surface area contributed by atoms with Crippen LogP contribution >= 0.6 is 11.8 Å². The number of aryl methyl sites for hydroxylation is 2. The van der Waals surface area contributed by atoms with Gasteiger partial charge in [0.1, 0.15) is 0 Å². The van der Waals surface area contributed by atoms with Crippen LogP contribution in [0.1, 0.15) is 18.1 Å². The molecule has 2 N–H and O–H groups in total. The highest BCUT2D eigenvalue weighted by Crippen LogP contribution is 2.32. The molecule has 24 heavy (non-hydrogen) atoms. The molecule has 0 radical (unpaired) electrons. The lowest BCUT2D eigenvalue weighted by atomic mass is 10.1. The van der Waals surface area contributed by atoms with Crippen LogP contribution in [0.2, 0.25) is 0 Å². The number of hydrogen-bond donors (Lipinski definition) is 2. The zero-order valence-electron chi connectivity index (χ0n) is 14.1. The van der Waals surface area contributed by atoms with Gasteiger partial charge in [0, 0.05) is 22.5 Å². The standard InChI is InChI=1S/C19H20N4S/c1-5-16(14(4)21-17-12(2)8-6-9-13(17)3)24-19-22-15-10-7-11-20-18(15)23-19/h5-11,21H,4H2,1-3H3,(H,20,22,23)/b16-5-. The largest absolute Gasteiger partial charge is 0.355 e. The maximum Gasteiger partial charge on any atom is 0.178 e. The van der Waals surface area contributed by atoms with Crippen molar-refractivity contribution in [2.45, 2.75) is 25.9 Å². The minimum Gasteiger partial charge on any atom is -0.355 e. The van der Waals surface area contributed by atoms with Gasteiger partial charge in [-0.25, -0.2) is 9.97 Å². The SMILES string of the molecule is C=C(Nc1c(C)cccc1C)/C(=C/C)Sc1nc2ncccc2[nH]1. The fraction of sp³-hybridized carbons (Fsp3) is 0.158. The topological polar surface area (TPSA) is 53.6 Å². The van der Waals surface area contributed by atoms with Crippen LogP contribution in [-0.2, 0) is 0 Å². The summed E-state index contributed by atoms with van der Waals surface area (Å²) in [6.45, 7) is 10.4. The molecule has 3 aromatic rings. The van der Waals surface area contributed by atoms with E-state index in [4.69, 9.17) is 0 Å². The van der Waals surface area contributed by atoms with Crippen LogP contribution in [0.15, 0.2) is 64.9 Å². The second-order valence-electron chi connectivity index (χ2n) is 5.54. The zero-order chi connectivity index (χ0) is 17.1. The summed E-state index contributed by atoms with van der Waals surface area (Å²) in [6, 6.07) is 10.1. The van der Waals surface area contributed by atoms with E-state index < -0.39 is 0 Å². The molecule has 122 valence electrons. The monoisotopic (exact) mass is 336 g/mol. The van der Waals surface area contributed by atoms with Crippen molar-refractivity contribution in [3.05, 3.63) is 70.9 Å². The van der Waals surface area contributed by atoms with Gasteiger partial charge in [0.15, 0.2) is 10.8 Å². The number of rotatable bonds is 5. The Morgan fingerprint density at radius 2 is 1.96 bits per heavy atom. The van der Waals surface area contributed by atoms with Gasteiger partial charge in [-0.15, -0.1) is 0 Å². The van der Waals surface area contributed by atoms with Crippen molar-refractivity contribution in [1.29, 1.82) is 0 Å². The number of para-hydroxylation sites is 1. The van der Waals surface area contributed by atoms with Crippen molar-refractivity contribution in [3.63, 3.8) is 0 Å². The highest BCUT2D eigenvalue weighted by Gasteiger charge is 2.11. The Labute approximate surface area is 146 Å². The average molecular weight is 336 g/mol. The van der Waals surface area contributed by atoms with Gasteiger partial charge in [0.2, 0.25) is 0 Å². The molecule has 0 spiro atoms. The number of hydrogen-bond acceptors (Lipinski definition) is 4.